The summed E-state index contributed by atoms with van der Waals surface area (Å²) in [5, 5.41) is 0. The van der Waals surface area contributed by atoms with E-state index < -0.39 is 0 Å². The van der Waals surface area contributed by atoms with Crippen molar-refractivity contribution in [3.63, 3.8) is 0 Å². The summed E-state index contributed by atoms with van der Waals surface area (Å²) >= 11 is 0. The van der Waals surface area contributed by atoms with Crippen molar-refractivity contribution in [2.75, 3.05) is 0 Å². The minimum atomic E-state index is 0.398. The molecule has 1 heteroatoms. The van der Waals surface area contributed by atoms with Gasteiger partial charge in [-0.05, 0) is 130 Å². The molecule has 26 heavy (non-hydrogen) atoms. The third-order valence-corrected chi connectivity index (χ3v) is 8.90. The molecule has 1 aromatic rings. The zero-order valence-corrected chi connectivity index (χ0v) is 17.7. The molecule has 0 aromatic heterocycles. The lowest BCUT2D eigenvalue weighted by atomic mass is 9.46. The molecular weight excluding hydrogens is 316 g/mol. The zero-order valence-electron chi connectivity index (χ0n) is 17.7. The van der Waals surface area contributed by atoms with Crippen LogP contribution in [-0.2, 0) is 0 Å². The quantitative estimate of drug-likeness (QED) is 0.554. The van der Waals surface area contributed by atoms with Crippen molar-refractivity contribution in [2.45, 2.75) is 86.5 Å². The smallest absolute Gasteiger partial charge is 0.163 e. The molecule has 1 aromatic carbocycles. The molecule has 0 amide bonds. The molecule has 4 bridgehead atoms. The van der Waals surface area contributed by atoms with Gasteiger partial charge in [0.2, 0.25) is 0 Å². The van der Waals surface area contributed by atoms with Crippen LogP contribution in [0.5, 0.6) is 0 Å². The monoisotopic (exact) mass is 352 g/mol. The Hall–Kier alpha value is -1.11. The van der Waals surface area contributed by atoms with Crippen LogP contribution >= 0.6 is 0 Å². The number of ketones is 1. The molecular formula is C25H36O. The van der Waals surface area contributed by atoms with Gasteiger partial charge < -0.3 is 0 Å². The average Bonchev–Trinajstić information content (AvgIpc) is 2.57. The number of rotatable bonds is 4. The summed E-state index contributed by atoms with van der Waals surface area (Å²) in [5.74, 6) is 3.82. The van der Waals surface area contributed by atoms with Gasteiger partial charge in [0.05, 0.1) is 0 Å². The summed E-state index contributed by atoms with van der Waals surface area (Å²) in [6.07, 6.45) is 9.39. The summed E-state index contributed by atoms with van der Waals surface area (Å²) in [6.45, 7) is 13.2. The molecule has 4 aliphatic rings. The Morgan fingerprint density at radius 3 is 1.62 bits per heavy atom. The van der Waals surface area contributed by atoms with E-state index in [1.54, 1.807) is 0 Å². The number of benzene rings is 1. The van der Waals surface area contributed by atoms with Crippen LogP contribution in [0, 0.1) is 63.7 Å². The SMILES string of the molecule is Cc1c(C)c(C)c(C(=O)C[C@H](C)C23CC4CC(CC(C4)C2)C3)c(C)c1C. The first-order chi connectivity index (χ1) is 12.2. The molecule has 0 aliphatic heterocycles. The van der Waals surface area contributed by atoms with E-state index in [1.165, 1.54) is 66.3 Å². The molecule has 5 rings (SSSR count). The van der Waals surface area contributed by atoms with E-state index in [9.17, 15) is 4.79 Å². The number of hydrogen-bond acceptors (Lipinski definition) is 1. The molecule has 0 spiro atoms. The fourth-order valence-electron chi connectivity index (χ4n) is 7.30. The minimum Gasteiger partial charge on any atom is -0.294 e. The minimum absolute atomic E-state index is 0.398. The number of carbonyl (C=O) groups is 1. The Balaban J connectivity index is 1.60. The Bertz CT molecular complexity index is 690. The molecule has 4 fully saturated rings. The lowest BCUT2D eigenvalue weighted by Crippen LogP contribution is -2.49. The lowest BCUT2D eigenvalue weighted by molar-refractivity contribution is -0.0828. The highest BCUT2D eigenvalue weighted by atomic mass is 16.1. The van der Waals surface area contributed by atoms with Crippen LogP contribution in [0.4, 0.5) is 0 Å². The first kappa shape index (κ1) is 18.3. The van der Waals surface area contributed by atoms with Crippen molar-refractivity contribution < 1.29 is 4.79 Å². The number of hydrogen-bond donors (Lipinski definition) is 0. The molecule has 1 atom stereocenters. The molecule has 142 valence electrons. The maximum atomic E-state index is 13.4. The van der Waals surface area contributed by atoms with Crippen molar-refractivity contribution in [1.82, 2.24) is 0 Å². The van der Waals surface area contributed by atoms with Crippen molar-refractivity contribution in [3.05, 3.63) is 33.4 Å². The largest absolute Gasteiger partial charge is 0.294 e. The first-order valence-electron chi connectivity index (χ1n) is 10.8. The van der Waals surface area contributed by atoms with Gasteiger partial charge in [-0.3, -0.25) is 4.79 Å². The molecule has 1 nitrogen and oxygen atoms in total. The second kappa shape index (κ2) is 6.21. The van der Waals surface area contributed by atoms with Gasteiger partial charge in [-0.25, -0.2) is 0 Å². The maximum absolute atomic E-state index is 13.4. The third kappa shape index (κ3) is 2.69. The van der Waals surface area contributed by atoms with Gasteiger partial charge >= 0.3 is 0 Å². The summed E-state index contributed by atoms with van der Waals surface area (Å²) in [6, 6.07) is 0. The van der Waals surface area contributed by atoms with Gasteiger partial charge in [0.1, 0.15) is 0 Å². The Morgan fingerprint density at radius 1 is 0.808 bits per heavy atom. The van der Waals surface area contributed by atoms with E-state index in [4.69, 9.17) is 0 Å². The Labute approximate surface area is 160 Å². The molecule has 4 saturated carbocycles. The summed E-state index contributed by atoms with van der Waals surface area (Å²) in [4.78, 5) is 13.4. The average molecular weight is 353 g/mol. The summed E-state index contributed by atoms with van der Waals surface area (Å²) in [7, 11) is 0. The fraction of sp³-hybridized carbons (Fsp3) is 0.720. The van der Waals surface area contributed by atoms with Crippen LogP contribution in [0.2, 0.25) is 0 Å². The molecule has 0 heterocycles. The van der Waals surface area contributed by atoms with E-state index in [0.29, 0.717) is 17.1 Å². The fourth-order valence-corrected chi connectivity index (χ4v) is 7.30. The van der Waals surface area contributed by atoms with Crippen LogP contribution in [-0.4, -0.2) is 5.78 Å². The van der Waals surface area contributed by atoms with Gasteiger partial charge in [-0.15, -0.1) is 0 Å². The van der Waals surface area contributed by atoms with Crippen molar-refractivity contribution in [1.29, 1.82) is 0 Å². The molecule has 0 N–H and O–H groups in total. The number of Topliss-reactive ketones (excluding diaryl/α,β-unsaturated/α-hetero) is 1. The van der Waals surface area contributed by atoms with Crippen molar-refractivity contribution in [2.24, 2.45) is 29.1 Å². The first-order valence-corrected chi connectivity index (χ1v) is 10.8. The second-order valence-electron chi connectivity index (χ2n) is 10.3. The maximum Gasteiger partial charge on any atom is 0.163 e. The van der Waals surface area contributed by atoms with Crippen LogP contribution in [0.25, 0.3) is 0 Å². The third-order valence-electron chi connectivity index (χ3n) is 8.90. The summed E-state index contributed by atoms with van der Waals surface area (Å²) in [5.41, 5.74) is 7.90. The Kier molecular flexibility index (Phi) is 4.36. The highest BCUT2D eigenvalue weighted by Crippen LogP contribution is 2.63. The molecule has 4 aliphatic carbocycles. The van der Waals surface area contributed by atoms with Crippen LogP contribution in [0.3, 0.4) is 0 Å². The van der Waals surface area contributed by atoms with Crippen molar-refractivity contribution in [3.8, 4) is 0 Å². The molecule has 0 unspecified atom stereocenters. The Morgan fingerprint density at radius 2 is 1.19 bits per heavy atom. The highest BCUT2D eigenvalue weighted by molar-refractivity contribution is 5.99. The predicted molar refractivity (Wildman–Crippen MR) is 109 cm³/mol. The number of carbonyl (C=O) groups excluding carboxylic acids is 1. The normalized spacial score (nSPS) is 33.5. The predicted octanol–water partition coefficient (Wildman–Crippen LogP) is 6.65. The molecule has 0 saturated heterocycles. The van der Waals surface area contributed by atoms with E-state index in [-0.39, 0.29) is 0 Å². The van der Waals surface area contributed by atoms with E-state index in [0.717, 1.165) is 29.7 Å². The van der Waals surface area contributed by atoms with Gasteiger partial charge in [0.15, 0.2) is 5.78 Å². The van der Waals surface area contributed by atoms with E-state index in [2.05, 4.69) is 41.5 Å². The standard InChI is InChI=1S/C25H36O/c1-14(25-11-20-8-21(12-25)10-22(9-20)13-25)7-23(26)24-18(5)16(3)15(2)17(4)19(24)6/h14,20-22H,7-13H2,1-6H3/t14-,20?,21?,22?,25?/m0/s1. The van der Waals surface area contributed by atoms with Gasteiger partial charge in [0.25, 0.3) is 0 Å². The van der Waals surface area contributed by atoms with Gasteiger partial charge in [-0.1, -0.05) is 6.92 Å². The van der Waals surface area contributed by atoms with Crippen LogP contribution < -0.4 is 0 Å². The van der Waals surface area contributed by atoms with Crippen LogP contribution in [0.1, 0.15) is 90.0 Å². The van der Waals surface area contributed by atoms with E-state index >= 15 is 0 Å². The van der Waals surface area contributed by atoms with Gasteiger partial charge in [-0.2, -0.15) is 0 Å². The second-order valence-corrected chi connectivity index (χ2v) is 10.3. The molecule has 0 radical (unpaired) electrons. The highest BCUT2D eigenvalue weighted by Gasteiger charge is 2.53. The van der Waals surface area contributed by atoms with Crippen LogP contribution in [0.15, 0.2) is 0 Å². The van der Waals surface area contributed by atoms with E-state index in [1.807, 2.05) is 0 Å². The zero-order chi connectivity index (χ0) is 18.8. The van der Waals surface area contributed by atoms with Crippen molar-refractivity contribution >= 4 is 5.78 Å². The summed E-state index contributed by atoms with van der Waals surface area (Å²) < 4.78 is 0. The lowest BCUT2D eigenvalue weighted by Gasteiger charge is -2.59. The van der Waals surface area contributed by atoms with Gasteiger partial charge in [0, 0.05) is 12.0 Å². The topological polar surface area (TPSA) is 17.1 Å².